The van der Waals surface area contributed by atoms with E-state index in [4.69, 9.17) is 10.2 Å². The molecule has 0 bridgehead atoms. The Morgan fingerprint density at radius 2 is 1.09 bits per heavy atom. The molecule has 0 atom stereocenters. The highest BCUT2D eigenvalue weighted by Gasteiger charge is 2.18. The monoisotopic (exact) mass is 592 g/mol. The lowest BCUT2D eigenvalue weighted by molar-refractivity contribution is -0.134. The molecule has 1 aliphatic rings. The fourth-order valence-corrected chi connectivity index (χ4v) is 5.13. The van der Waals surface area contributed by atoms with Crippen LogP contribution in [0.1, 0.15) is 33.4 Å². The van der Waals surface area contributed by atoms with Crippen molar-refractivity contribution in [3.8, 4) is 22.5 Å². The Labute approximate surface area is 259 Å². The summed E-state index contributed by atoms with van der Waals surface area (Å²) in [7, 11) is 0. The Bertz CT molecular complexity index is 1580. The number of piperazine rings is 1. The third-order valence-electron chi connectivity index (χ3n) is 7.86. The Balaban J connectivity index is 0.000000488. The highest BCUT2D eigenvalue weighted by Crippen LogP contribution is 2.25. The molecular formula is C36H40N4O4. The Kier molecular flexibility index (Phi) is 11.1. The SMILES string of the molecule is Cc1ccc(-c2cc(CN3CCN(Cc4ccnc(-c5cc(C)c(C)c(C)c5)c4)CC3)ccn2)cc1.O=C(O)/C=C\C(=O)O. The van der Waals surface area contributed by atoms with Gasteiger partial charge in [-0.05, 0) is 91.9 Å². The summed E-state index contributed by atoms with van der Waals surface area (Å²) in [6.45, 7) is 14.9. The van der Waals surface area contributed by atoms with Crippen LogP contribution in [0.5, 0.6) is 0 Å². The third kappa shape index (κ3) is 9.42. The standard InChI is InChI=1S/C32H36N4.C4H4O4/c1-23-5-7-29(8-6-23)31-19-27(9-11-33-31)21-35-13-15-36(16-14-35)22-28-10-12-34-32(20-28)30-17-24(2)26(4)25(3)18-30;5-3(6)1-2-4(7)8/h5-12,17-20H,13-16,21-22H2,1-4H3;1-2H,(H,5,6)(H,7,8)/b;2-1-. The number of hydrogen-bond donors (Lipinski definition) is 2. The van der Waals surface area contributed by atoms with E-state index < -0.39 is 11.9 Å². The lowest BCUT2D eigenvalue weighted by Gasteiger charge is -2.34. The van der Waals surface area contributed by atoms with Gasteiger partial charge in [0.25, 0.3) is 0 Å². The molecule has 0 unspecified atom stereocenters. The second-order valence-corrected chi connectivity index (χ2v) is 11.3. The van der Waals surface area contributed by atoms with Gasteiger partial charge in [-0.15, -0.1) is 0 Å². The van der Waals surface area contributed by atoms with Gasteiger partial charge >= 0.3 is 11.9 Å². The molecule has 3 heterocycles. The molecule has 0 saturated carbocycles. The van der Waals surface area contributed by atoms with Gasteiger partial charge in [0.1, 0.15) is 0 Å². The van der Waals surface area contributed by atoms with Crippen molar-refractivity contribution in [1.82, 2.24) is 19.8 Å². The van der Waals surface area contributed by atoms with E-state index in [9.17, 15) is 9.59 Å². The lowest BCUT2D eigenvalue weighted by atomic mass is 9.98. The second-order valence-electron chi connectivity index (χ2n) is 11.3. The summed E-state index contributed by atoms with van der Waals surface area (Å²) in [6, 6.07) is 22.0. The summed E-state index contributed by atoms with van der Waals surface area (Å²) in [6.07, 6.45) is 5.02. The van der Waals surface area contributed by atoms with Crippen LogP contribution in [0.4, 0.5) is 0 Å². The number of rotatable bonds is 8. The van der Waals surface area contributed by atoms with E-state index in [1.165, 1.54) is 44.5 Å². The van der Waals surface area contributed by atoms with E-state index in [2.05, 4.69) is 108 Å². The van der Waals surface area contributed by atoms with Crippen molar-refractivity contribution in [3.63, 3.8) is 0 Å². The van der Waals surface area contributed by atoms with Crippen LogP contribution >= 0.6 is 0 Å². The summed E-state index contributed by atoms with van der Waals surface area (Å²) in [5, 5.41) is 15.6. The van der Waals surface area contributed by atoms with Crippen molar-refractivity contribution < 1.29 is 19.8 Å². The summed E-state index contributed by atoms with van der Waals surface area (Å²) >= 11 is 0. The summed E-state index contributed by atoms with van der Waals surface area (Å²) in [4.78, 5) is 33.5. The number of aryl methyl sites for hydroxylation is 3. The minimum atomic E-state index is -1.26. The quantitative estimate of drug-likeness (QED) is 0.237. The van der Waals surface area contributed by atoms with E-state index in [1.54, 1.807) is 0 Å². The van der Waals surface area contributed by atoms with Crippen LogP contribution in [-0.4, -0.2) is 68.1 Å². The number of pyridine rings is 2. The van der Waals surface area contributed by atoms with Gasteiger partial charge < -0.3 is 10.2 Å². The number of carboxylic acids is 2. The second kappa shape index (κ2) is 15.2. The van der Waals surface area contributed by atoms with Crippen LogP contribution in [0.2, 0.25) is 0 Å². The van der Waals surface area contributed by atoms with Gasteiger partial charge in [-0.1, -0.05) is 29.8 Å². The summed E-state index contributed by atoms with van der Waals surface area (Å²) < 4.78 is 0. The van der Waals surface area contributed by atoms with Crippen LogP contribution in [0.25, 0.3) is 22.5 Å². The van der Waals surface area contributed by atoms with E-state index >= 15 is 0 Å². The Hall–Kier alpha value is -4.66. The summed E-state index contributed by atoms with van der Waals surface area (Å²) in [5.74, 6) is -2.51. The molecule has 228 valence electrons. The molecule has 0 radical (unpaired) electrons. The lowest BCUT2D eigenvalue weighted by Crippen LogP contribution is -2.45. The Morgan fingerprint density at radius 1 is 0.659 bits per heavy atom. The highest BCUT2D eigenvalue weighted by atomic mass is 16.4. The average molecular weight is 593 g/mol. The van der Waals surface area contributed by atoms with Gasteiger partial charge in [-0.2, -0.15) is 0 Å². The third-order valence-corrected chi connectivity index (χ3v) is 7.86. The van der Waals surface area contributed by atoms with Crippen molar-refractivity contribution in [2.75, 3.05) is 26.2 Å². The van der Waals surface area contributed by atoms with Crippen LogP contribution in [-0.2, 0) is 22.7 Å². The van der Waals surface area contributed by atoms with Crippen molar-refractivity contribution in [3.05, 3.63) is 119 Å². The van der Waals surface area contributed by atoms with E-state index in [1.807, 2.05) is 12.4 Å². The predicted molar refractivity (Wildman–Crippen MR) is 173 cm³/mol. The van der Waals surface area contributed by atoms with Gasteiger partial charge in [-0.3, -0.25) is 19.8 Å². The van der Waals surface area contributed by atoms with E-state index in [0.29, 0.717) is 12.2 Å². The van der Waals surface area contributed by atoms with Crippen molar-refractivity contribution >= 4 is 11.9 Å². The number of carboxylic acid groups (broad SMARTS) is 2. The number of nitrogens with zero attached hydrogens (tertiary/aromatic N) is 4. The van der Waals surface area contributed by atoms with Gasteiger partial charge in [0.15, 0.2) is 0 Å². The number of aromatic nitrogens is 2. The molecule has 44 heavy (non-hydrogen) atoms. The zero-order chi connectivity index (χ0) is 31.6. The van der Waals surface area contributed by atoms with Gasteiger partial charge in [0.05, 0.1) is 11.4 Å². The highest BCUT2D eigenvalue weighted by molar-refractivity contribution is 5.89. The zero-order valence-electron chi connectivity index (χ0n) is 25.8. The van der Waals surface area contributed by atoms with Crippen LogP contribution in [0, 0.1) is 27.7 Å². The first-order valence-electron chi connectivity index (χ1n) is 14.7. The molecule has 1 aliphatic heterocycles. The fraction of sp³-hybridized carbons (Fsp3) is 0.278. The van der Waals surface area contributed by atoms with Crippen molar-refractivity contribution in [2.45, 2.75) is 40.8 Å². The van der Waals surface area contributed by atoms with Crippen LogP contribution < -0.4 is 0 Å². The molecule has 8 nitrogen and oxygen atoms in total. The molecule has 1 saturated heterocycles. The molecule has 8 heteroatoms. The van der Waals surface area contributed by atoms with Crippen LogP contribution in [0.3, 0.4) is 0 Å². The van der Waals surface area contributed by atoms with E-state index in [-0.39, 0.29) is 0 Å². The molecule has 0 amide bonds. The largest absolute Gasteiger partial charge is 0.478 e. The van der Waals surface area contributed by atoms with Crippen molar-refractivity contribution in [1.29, 1.82) is 0 Å². The van der Waals surface area contributed by atoms with Gasteiger partial charge in [-0.25, -0.2) is 9.59 Å². The molecule has 4 aromatic rings. The predicted octanol–water partition coefficient (Wildman–Crippen LogP) is 6.07. The van der Waals surface area contributed by atoms with Gasteiger partial charge in [0, 0.05) is 74.9 Å². The maximum absolute atomic E-state index is 9.55. The van der Waals surface area contributed by atoms with Gasteiger partial charge in [0.2, 0.25) is 0 Å². The average Bonchev–Trinajstić information content (AvgIpc) is 3.00. The minimum absolute atomic E-state index is 0.558. The number of hydrogen-bond acceptors (Lipinski definition) is 6. The normalized spacial score (nSPS) is 13.8. The maximum atomic E-state index is 9.55. The molecule has 1 fully saturated rings. The van der Waals surface area contributed by atoms with Crippen molar-refractivity contribution in [2.24, 2.45) is 0 Å². The number of aliphatic carboxylic acids is 2. The van der Waals surface area contributed by atoms with Crippen LogP contribution in [0.15, 0.2) is 85.2 Å². The first-order valence-corrected chi connectivity index (χ1v) is 14.7. The number of carbonyl (C=O) groups is 2. The zero-order valence-corrected chi connectivity index (χ0v) is 25.8. The molecule has 0 aliphatic carbocycles. The molecule has 2 N–H and O–H groups in total. The molecule has 2 aromatic heterocycles. The molecular weight excluding hydrogens is 552 g/mol. The summed E-state index contributed by atoms with van der Waals surface area (Å²) in [5.41, 5.74) is 12.5. The molecule has 5 rings (SSSR count). The minimum Gasteiger partial charge on any atom is -0.478 e. The first kappa shape index (κ1) is 32.3. The fourth-order valence-electron chi connectivity index (χ4n) is 5.13. The first-order chi connectivity index (χ1) is 21.1. The maximum Gasteiger partial charge on any atom is 0.328 e. The topological polar surface area (TPSA) is 107 Å². The smallest absolute Gasteiger partial charge is 0.328 e. The molecule has 0 spiro atoms. The molecule has 2 aromatic carbocycles. The Morgan fingerprint density at radius 3 is 1.52 bits per heavy atom. The van der Waals surface area contributed by atoms with E-state index in [0.717, 1.165) is 50.7 Å². The number of benzene rings is 2.